The first-order valence-electron chi connectivity index (χ1n) is 3.83. The number of hydrogen-bond acceptors (Lipinski definition) is 3. The van der Waals surface area contributed by atoms with Crippen LogP contribution in [0.1, 0.15) is 6.42 Å². The van der Waals surface area contributed by atoms with Gasteiger partial charge >= 0.3 is 84.6 Å². The fourth-order valence-electron chi connectivity index (χ4n) is 1.15. The first kappa shape index (κ1) is 8.04. The average molecular weight is 265 g/mol. The van der Waals surface area contributed by atoms with Crippen molar-refractivity contribution in [2.24, 2.45) is 0 Å². The van der Waals surface area contributed by atoms with E-state index in [9.17, 15) is 0 Å². The molecule has 0 aliphatic carbocycles. The zero-order chi connectivity index (χ0) is 8.39. The van der Waals surface area contributed by atoms with E-state index in [0.29, 0.717) is 0 Å². The van der Waals surface area contributed by atoms with Crippen LogP contribution in [-0.2, 0) is 0 Å². The molecule has 0 saturated heterocycles. The van der Waals surface area contributed by atoms with Crippen molar-refractivity contribution in [3.8, 4) is 0 Å². The van der Waals surface area contributed by atoms with Crippen LogP contribution >= 0.6 is 0 Å². The Morgan fingerprint density at radius 3 is 2.83 bits per heavy atom. The third-order valence-electron chi connectivity index (χ3n) is 1.75. The Kier molecular flexibility index (Phi) is 2.30. The standard InChI is InChI=1S/C8H8N3.Sn/c1-2-6-11(5-1)8-7-9-3-4-10-8;/h1,4-5,7H,2,6H2;. The van der Waals surface area contributed by atoms with Crippen LogP contribution in [0.25, 0.3) is 0 Å². The van der Waals surface area contributed by atoms with E-state index in [1.807, 2.05) is 12.4 Å². The van der Waals surface area contributed by atoms with Crippen molar-refractivity contribution in [1.82, 2.24) is 9.97 Å². The van der Waals surface area contributed by atoms with Gasteiger partial charge in [0.25, 0.3) is 0 Å². The molecule has 0 N–H and O–H groups in total. The first-order chi connectivity index (χ1) is 5.86. The maximum absolute atomic E-state index is 4.29. The molecule has 0 saturated carbocycles. The van der Waals surface area contributed by atoms with E-state index in [1.54, 1.807) is 0 Å². The van der Waals surface area contributed by atoms with E-state index in [4.69, 9.17) is 0 Å². The average Bonchev–Trinajstić information content (AvgIpc) is 2.58. The van der Waals surface area contributed by atoms with Crippen molar-refractivity contribution < 1.29 is 0 Å². The van der Waals surface area contributed by atoms with Crippen molar-refractivity contribution in [2.45, 2.75) is 6.42 Å². The van der Waals surface area contributed by atoms with Crippen LogP contribution in [0.3, 0.4) is 0 Å². The zero-order valence-electron chi connectivity index (χ0n) is 6.57. The van der Waals surface area contributed by atoms with E-state index < -0.39 is 0 Å². The minimum absolute atomic E-state index is 0.954. The van der Waals surface area contributed by atoms with Gasteiger partial charge in [-0.3, -0.25) is 0 Å². The van der Waals surface area contributed by atoms with Crippen LogP contribution in [0.4, 0.5) is 5.82 Å². The second-order valence-corrected chi connectivity index (χ2v) is 4.09. The fraction of sp³-hybridized carbons (Fsp3) is 0.250. The predicted molar refractivity (Wildman–Crippen MR) is 48.5 cm³/mol. The SMILES string of the molecule is [Sn][c]1cnc(N2C=CCC2)cn1. The van der Waals surface area contributed by atoms with Gasteiger partial charge in [0.2, 0.25) is 0 Å². The molecule has 2 heterocycles. The van der Waals surface area contributed by atoms with Gasteiger partial charge in [-0.25, -0.2) is 0 Å². The molecule has 0 spiro atoms. The Balaban J connectivity index is 2.23. The summed E-state index contributed by atoms with van der Waals surface area (Å²) in [7, 11) is 0. The molecule has 0 fully saturated rings. The molecule has 1 aliphatic rings. The minimum atomic E-state index is 0.954. The molecule has 4 heteroatoms. The van der Waals surface area contributed by atoms with E-state index in [1.165, 1.54) is 22.5 Å². The van der Waals surface area contributed by atoms with Crippen molar-refractivity contribution in [1.29, 1.82) is 0 Å². The van der Waals surface area contributed by atoms with Crippen molar-refractivity contribution >= 4 is 32.1 Å². The summed E-state index contributed by atoms with van der Waals surface area (Å²) in [4.78, 5) is 10.6. The normalized spacial score (nSPS) is 15.6. The molecule has 0 amide bonds. The summed E-state index contributed by atoms with van der Waals surface area (Å²) in [6, 6.07) is 0. The van der Waals surface area contributed by atoms with E-state index >= 15 is 0 Å². The quantitative estimate of drug-likeness (QED) is 0.669. The third-order valence-corrected chi connectivity index (χ3v) is 2.49. The van der Waals surface area contributed by atoms with Crippen molar-refractivity contribution in [2.75, 3.05) is 11.4 Å². The second-order valence-electron chi connectivity index (χ2n) is 2.63. The van der Waals surface area contributed by atoms with Crippen LogP contribution < -0.4 is 8.61 Å². The molecule has 0 aromatic carbocycles. The number of anilines is 1. The third kappa shape index (κ3) is 1.60. The van der Waals surface area contributed by atoms with E-state index in [0.717, 1.165) is 22.5 Å². The van der Waals surface area contributed by atoms with Gasteiger partial charge in [-0.2, -0.15) is 0 Å². The van der Waals surface area contributed by atoms with E-state index in [2.05, 4.69) is 27.1 Å². The molecular weight excluding hydrogens is 257 g/mol. The summed E-state index contributed by atoms with van der Waals surface area (Å²) < 4.78 is 1.05. The molecule has 1 aromatic heterocycles. The van der Waals surface area contributed by atoms with E-state index in [-0.39, 0.29) is 0 Å². The van der Waals surface area contributed by atoms with Crippen LogP contribution in [0, 0.1) is 0 Å². The number of hydrogen-bond donors (Lipinski definition) is 0. The van der Waals surface area contributed by atoms with Gasteiger partial charge in [0.05, 0.1) is 0 Å². The molecule has 3 nitrogen and oxygen atoms in total. The predicted octanol–water partition coefficient (Wildman–Crippen LogP) is -0.00580. The molecular formula is C8H8N3Sn. The van der Waals surface area contributed by atoms with Crippen molar-refractivity contribution in [3.63, 3.8) is 0 Å². The Morgan fingerprint density at radius 2 is 2.25 bits per heavy atom. The Labute approximate surface area is 84.6 Å². The summed E-state index contributed by atoms with van der Waals surface area (Å²) >= 11 is 1.32. The second kappa shape index (κ2) is 3.43. The summed E-state index contributed by atoms with van der Waals surface area (Å²) in [5.41, 5.74) is 0. The fourth-order valence-corrected chi connectivity index (χ4v) is 1.52. The monoisotopic (exact) mass is 266 g/mol. The number of aromatic nitrogens is 2. The number of rotatable bonds is 1. The van der Waals surface area contributed by atoms with Gasteiger partial charge < -0.3 is 0 Å². The Hall–Kier alpha value is -0.581. The van der Waals surface area contributed by atoms with Crippen LogP contribution in [0.5, 0.6) is 0 Å². The van der Waals surface area contributed by atoms with Gasteiger partial charge in [-0.15, -0.1) is 0 Å². The van der Waals surface area contributed by atoms with Crippen LogP contribution in [0.2, 0.25) is 0 Å². The van der Waals surface area contributed by atoms with Crippen LogP contribution in [0.15, 0.2) is 24.7 Å². The molecule has 0 bridgehead atoms. The van der Waals surface area contributed by atoms with Gasteiger partial charge in [-0.1, -0.05) is 0 Å². The van der Waals surface area contributed by atoms with Crippen molar-refractivity contribution in [3.05, 3.63) is 24.7 Å². The molecule has 1 aromatic rings. The molecule has 0 atom stereocenters. The molecule has 3 radical (unpaired) electrons. The zero-order valence-corrected chi connectivity index (χ0v) is 9.42. The Morgan fingerprint density at radius 1 is 1.33 bits per heavy atom. The summed E-state index contributed by atoms with van der Waals surface area (Å²) in [6.45, 7) is 1.03. The number of nitrogens with zero attached hydrogens (tertiary/aromatic N) is 3. The molecule has 2 rings (SSSR count). The molecule has 59 valence electrons. The Bertz CT molecular complexity index is 294. The summed E-state index contributed by atoms with van der Waals surface area (Å²) in [5, 5.41) is 0. The van der Waals surface area contributed by atoms with Gasteiger partial charge in [-0.05, 0) is 0 Å². The summed E-state index contributed by atoms with van der Waals surface area (Å²) in [5.74, 6) is 0.954. The van der Waals surface area contributed by atoms with Gasteiger partial charge in [0.15, 0.2) is 0 Å². The maximum atomic E-state index is 4.29. The molecule has 0 unspecified atom stereocenters. The van der Waals surface area contributed by atoms with Crippen LogP contribution in [-0.4, -0.2) is 39.0 Å². The topological polar surface area (TPSA) is 29.0 Å². The molecule has 12 heavy (non-hydrogen) atoms. The molecule has 1 aliphatic heterocycles. The first-order valence-corrected chi connectivity index (χ1v) is 5.26. The summed E-state index contributed by atoms with van der Waals surface area (Å²) in [6.07, 6.45) is 8.99. The van der Waals surface area contributed by atoms with Gasteiger partial charge in [0, 0.05) is 0 Å². The van der Waals surface area contributed by atoms with Gasteiger partial charge in [0.1, 0.15) is 0 Å².